The van der Waals surface area contributed by atoms with Crippen LogP contribution in [-0.4, -0.2) is 6.54 Å². The molecule has 1 aromatic carbocycles. The molecule has 72 valence electrons. The van der Waals surface area contributed by atoms with E-state index in [-0.39, 0.29) is 5.41 Å². The summed E-state index contributed by atoms with van der Waals surface area (Å²) in [6.07, 6.45) is 3.62. The van der Waals surface area contributed by atoms with Crippen molar-refractivity contribution in [2.45, 2.75) is 24.7 Å². The minimum absolute atomic E-state index is 0.183. The van der Waals surface area contributed by atoms with Gasteiger partial charge < -0.3 is 4.85 Å². The van der Waals surface area contributed by atoms with E-state index in [9.17, 15) is 0 Å². The lowest BCUT2D eigenvalue weighted by molar-refractivity contribution is 0.266. The maximum Gasteiger partial charge on any atom is 0.224 e. The number of hydrogen-bond donors (Lipinski definition) is 0. The van der Waals surface area contributed by atoms with Gasteiger partial charge in [-0.05, 0) is 30.5 Å². The fourth-order valence-electron chi connectivity index (χ4n) is 2.10. The number of benzene rings is 1. The van der Waals surface area contributed by atoms with Gasteiger partial charge in [0, 0.05) is 4.47 Å². The molecule has 0 saturated heterocycles. The van der Waals surface area contributed by atoms with Crippen molar-refractivity contribution in [3.8, 4) is 0 Å². The van der Waals surface area contributed by atoms with Crippen molar-refractivity contribution >= 4 is 15.9 Å². The third-order valence-electron chi connectivity index (χ3n) is 3.15. The molecule has 0 spiro atoms. The Hall–Kier alpha value is -0.810. The van der Waals surface area contributed by atoms with Crippen molar-refractivity contribution < 1.29 is 0 Å². The van der Waals surface area contributed by atoms with E-state index in [0.29, 0.717) is 6.54 Å². The van der Waals surface area contributed by atoms with Gasteiger partial charge in [0.25, 0.3) is 0 Å². The van der Waals surface area contributed by atoms with Crippen LogP contribution in [0.1, 0.15) is 24.8 Å². The fraction of sp³-hybridized carbons (Fsp3) is 0.417. The summed E-state index contributed by atoms with van der Waals surface area (Å²) in [6.45, 7) is 7.65. The summed E-state index contributed by atoms with van der Waals surface area (Å²) in [5.74, 6) is 0. The Kier molecular flexibility index (Phi) is 2.60. The van der Waals surface area contributed by atoms with Gasteiger partial charge in [-0.25, -0.2) is 6.57 Å². The predicted octanol–water partition coefficient (Wildman–Crippen LogP) is 3.79. The standard InChI is InChI=1S/C12H12BrN/c1-14-9-12(7-2-8-12)10-3-5-11(13)6-4-10/h3-6H,2,7-9H2. The Morgan fingerprint density at radius 3 is 2.36 bits per heavy atom. The quantitative estimate of drug-likeness (QED) is 0.703. The van der Waals surface area contributed by atoms with Crippen LogP contribution in [0.15, 0.2) is 28.7 Å². The molecule has 1 aromatic rings. The monoisotopic (exact) mass is 249 g/mol. The lowest BCUT2D eigenvalue weighted by Crippen LogP contribution is -2.36. The summed E-state index contributed by atoms with van der Waals surface area (Å²) < 4.78 is 1.11. The van der Waals surface area contributed by atoms with Gasteiger partial charge in [0.1, 0.15) is 0 Å². The minimum atomic E-state index is 0.183. The van der Waals surface area contributed by atoms with Crippen LogP contribution in [0.25, 0.3) is 4.85 Å². The smallest absolute Gasteiger partial charge is 0.224 e. The van der Waals surface area contributed by atoms with Crippen molar-refractivity contribution in [2.24, 2.45) is 0 Å². The van der Waals surface area contributed by atoms with Crippen molar-refractivity contribution in [3.63, 3.8) is 0 Å². The van der Waals surface area contributed by atoms with E-state index in [1.54, 1.807) is 0 Å². The maximum atomic E-state index is 7.00. The van der Waals surface area contributed by atoms with Gasteiger partial charge in [-0.15, -0.1) is 0 Å². The first-order valence-electron chi connectivity index (χ1n) is 4.86. The average molecular weight is 250 g/mol. The van der Waals surface area contributed by atoms with Crippen LogP contribution in [0, 0.1) is 6.57 Å². The van der Waals surface area contributed by atoms with Gasteiger partial charge in [0.15, 0.2) is 0 Å². The largest absolute Gasteiger partial charge is 0.316 e. The Morgan fingerprint density at radius 1 is 1.29 bits per heavy atom. The minimum Gasteiger partial charge on any atom is -0.316 e. The molecule has 0 aromatic heterocycles. The molecule has 0 atom stereocenters. The lowest BCUT2D eigenvalue weighted by Gasteiger charge is -2.37. The van der Waals surface area contributed by atoms with Crippen LogP contribution < -0.4 is 0 Å². The molecule has 14 heavy (non-hydrogen) atoms. The van der Waals surface area contributed by atoms with Crippen molar-refractivity contribution in [1.82, 2.24) is 0 Å². The predicted molar refractivity (Wildman–Crippen MR) is 61.1 cm³/mol. The summed E-state index contributed by atoms with van der Waals surface area (Å²) in [5.41, 5.74) is 1.52. The molecule has 0 aliphatic heterocycles. The zero-order valence-electron chi connectivity index (χ0n) is 7.96. The summed E-state index contributed by atoms with van der Waals surface area (Å²) >= 11 is 3.43. The molecule has 1 aliphatic carbocycles. The normalized spacial score (nSPS) is 18.3. The summed E-state index contributed by atoms with van der Waals surface area (Å²) in [4.78, 5) is 3.57. The lowest BCUT2D eigenvalue weighted by atomic mass is 9.64. The van der Waals surface area contributed by atoms with Crippen LogP contribution in [0.3, 0.4) is 0 Å². The van der Waals surface area contributed by atoms with E-state index in [0.717, 1.165) is 4.47 Å². The Balaban J connectivity index is 2.28. The van der Waals surface area contributed by atoms with Crippen LogP contribution in [0.2, 0.25) is 0 Å². The van der Waals surface area contributed by atoms with Gasteiger partial charge >= 0.3 is 0 Å². The first-order chi connectivity index (χ1) is 6.77. The Bertz CT molecular complexity index is 357. The number of halogens is 1. The second kappa shape index (κ2) is 3.74. The van der Waals surface area contributed by atoms with Crippen molar-refractivity contribution in [1.29, 1.82) is 0 Å². The highest BCUT2D eigenvalue weighted by molar-refractivity contribution is 9.10. The van der Waals surface area contributed by atoms with Gasteiger partial charge in [0.05, 0.1) is 5.41 Å². The highest BCUT2D eigenvalue weighted by Gasteiger charge is 2.41. The number of rotatable bonds is 2. The second-order valence-electron chi connectivity index (χ2n) is 3.96. The van der Waals surface area contributed by atoms with E-state index in [1.807, 2.05) is 0 Å². The topological polar surface area (TPSA) is 4.36 Å². The highest BCUT2D eigenvalue weighted by atomic mass is 79.9. The summed E-state index contributed by atoms with van der Waals surface area (Å²) in [7, 11) is 0. The molecule has 1 fully saturated rings. The molecule has 1 aliphatic rings. The Labute approximate surface area is 93.1 Å². The molecule has 2 rings (SSSR count). The molecular formula is C12H12BrN. The molecule has 0 unspecified atom stereocenters. The molecule has 2 heteroatoms. The summed E-state index contributed by atoms with van der Waals surface area (Å²) in [5, 5.41) is 0. The van der Waals surface area contributed by atoms with Crippen molar-refractivity contribution in [3.05, 3.63) is 45.7 Å². The number of hydrogen-bond acceptors (Lipinski definition) is 0. The molecule has 1 nitrogen and oxygen atoms in total. The first-order valence-corrected chi connectivity index (χ1v) is 5.65. The Morgan fingerprint density at radius 2 is 1.93 bits per heavy atom. The molecule has 0 amide bonds. The van der Waals surface area contributed by atoms with Gasteiger partial charge in [-0.3, -0.25) is 0 Å². The highest BCUT2D eigenvalue weighted by Crippen LogP contribution is 2.44. The molecular weight excluding hydrogens is 238 g/mol. The number of nitrogens with zero attached hydrogens (tertiary/aromatic N) is 1. The van der Waals surface area contributed by atoms with Crippen LogP contribution >= 0.6 is 15.9 Å². The molecule has 0 heterocycles. The summed E-state index contributed by atoms with van der Waals surface area (Å²) in [6, 6.07) is 8.43. The molecule has 0 bridgehead atoms. The van der Waals surface area contributed by atoms with Crippen LogP contribution in [0.5, 0.6) is 0 Å². The van der Waals surface area contributed by atoms with E-state index in [1.165, 1.54) is 24.8 Å². The zero-order valence-corrected chi connectivity index (χ0v) is 9.55. The fourth-order valence-corrected chi connectivity index (χ4v) is 2.36. The van der Waals surface area contributed by atoms with Crippen molar-refractivity contribution in [2.75, 3.05) is 6.54 Å². The van der Waals surface area contributed by atoms with E-state index >= 15 is 0 Å². The molecule has 1 saturated carbocycles. The zero-order chi connectivity index (χ0) is 10.0. The third-order valence-corrected chi connectivity index (χ3v) is 3.68. The average Bonchev–Trinajstić information content (AvgIpc) is 2.13. The van der Waals surface area contributed by atoms with Crippen LogP contribution in [-0.2, 0) is 5.41 Å². The molecule has 0 N–H and O–H groups in total. The van der Waals surface area contributed by atoms with E-state index < -0.39 is 0 Å². The second-order valence-corrected chi connectivity index (χ2v) is 4.87. The third kappa shape index (κ3) is 1.57. The van der Waals surface area contributed by atoms with Gasteiger partial charge in [-0.2, -0.15) is 0 Å². The maximum absolute atomic E-state index is 7.00. The van der Waals surface area contributed by atoms with Crippen LogP contribution in [0.4, 0.5) is 0 Å². The first kappa shape index (κ1) is 9.73. The van der Waals surface area contributed by atoms with Gasteiger partial charge in [-0.1, -0.05) is 34.5 Å². The van der Waals surface area contributed by atoms with E-state index in [2.05, 4.69) is 45.0 Å². The SMILES string of the molecule is [C-]#[N+]CC1(c2ccc(Br)cc2)CCC1. The van der Waals surface area contributed by atoms with Gasteiger partial charge in [0.2, 0.25) is 6.54 Å². The van der Waals surface area contributed by atoms with E-state index in [4.69, 9.17) is 6.57 Å². The molecule has 0 radical (unpaired) electrons.